The lowest BCUT2D eigenvalue weighted by Crippen LogP contribution is -2.61. The number of amides is 2. The number of aromatic nitrogens is 1. The number of nitrogens with zero attached hydrogens (tertiary/aromatic N) is 2. The van der Waals surface area contributed by atoms with Crippen molar-refractivity contribution in [2.75, 3.05) is 27.2 Å². The van der Waals surface area contributed by atoms with Crippen LogP contribution in [0.2, 0.25) is 0 Å². The molecule has 4 saturated heterocycles. The maximum Gasteiger partial charge on any atom is 0.408 e. The number of Topliss-reactive ketones (excluding diaryl/α,β-unsaturated/α-hetero) is 1. The quantitative estimate of drug-likeness (QED) is 0.219. The topological polar surface area (TPSA) is 243 Å². The molecule has 4 fully saturated rings. The van der Waals surface area contributed by atoms with Crippen molar-refractivity contribution in [3.05, 3.63) is 24.5 Å². The molecule has 21 heteroatoms. The van der Waals surface area contributed by atoms with Crippen molar-refractivity contribution < 1.29 is 65.6 Å². The Bertz CT molecular complexity index is 2030. The van der Waals surface area contributed by atoms with Crippen LogP contribution in [0.15, 0.2) is 33.2 Å². The van der Waals surface area contributed by atoms with E-state index in [-0.39, 0.29) is 48.1 Å². The van der Waals surface area contributed by atoms with Gasteiger partial charge in [-0.05, 0) is 73.2 Å². The molecule has 4 aliphatic heterocycles. The first-order chi connectivity index (χ1) is 29.1. The largest absolute Gasteiger partial charge is 0.458 e. The van der Waals surface area contributed by atoms with E-state index in [9.17, 15) is 32.7 Å². The molecule has 346 valence electrons. The molecule has 4 aliphatic rings. The number of cyclic esters (lactones) is 1. The van der Waals surface area contributed by atoms with Gasteiger partial charge < -0.3 is 53.6 Å². The zero-order chi connectivity index (χ0) is 45.5. The van der Waals surface area contributed by atoms with Crippen LogP contribution in [-0.2, 0) is 48.0 Å². The smallest absolute Gasteiger partial charge is 0.408 e. The molecular formula is C41H61N5O14S2. The first-order valence-electron chi connectivity index (χ1n) is 21.1. The number of carbonyl (C=O) groups is 4. The number of ketones is 1. The first kappa shape index (κ1) is 47.8. The van der Waals surface area contributed by atoms with Gasteiger partial charge in [-0.3, -0.25) is 9.59 Å². The molecule has 4 N–H and O–H groups in total. The van der Waals surface area contributed by atoms with Gasteiger partial charge in [0, 0.05) is 36.4 Å². The number of likely N-dealkylation sites (N-methyl/N-ethyl adjacent to an activating group) is 1. The number of ether oxygens (including phenoxy) is 6. The summed E-state index contributed by atoms with van der Waals surface area (Å²) in [5.41, 5.74) is -2.71. The summed E-state index contributed by atoms with van der Waals surface area (Å²) in [5, 5.41) is 21.0. The minimum atomic E-state index is -4.23. The summed E-state index contributed by atoms with van der Waals surface area (Å²) in [6.07, 6.45) is -5.94. The number of esters is 1. The van der Waals surface area contributed by atoms with E-state index in [2.05, 4.69) is 20.5 Å². The van der Waals surface area contributed by atoms with Crippen LogP contribution in [0, 0.1) is 23.7 Å². The van der Waals surface area contributed by atoms with E-state index in [1.165, 1.54) is 12.3 Å². The minimum Gasteiger partial charge on any atom is -0.458 e. The van der Waals surface area contributed by atoms with Gasteiger partial charge in [-0.15, -0.1) is 11.3 Å². The van der Waals surface area contributed by atoms with Crippen molar-refractivity contribution in [3.8, 4) is 10.6 Å². The standard InChI is InChI=1S/C41H61N5O14S2/c1-11-29-41(8)34(43-39(51)60-41)22(4)31(47)20(2)17-40(7)35(58-37-32(48)27(46(9)10)16-21(3)56-37)23(5)33(24(6)36(49)57-29)54-19-25(18-42-38(50)59-40)45-62(52,53)30-13-12-28(61-30)26-14-15-55-44-26/h12-15,20-25,27,29,32-35,37,45,48H,11,16-19H2,1-10H3,(H,42,50)(H,43,51)/t20-,21-,22+,23+,24-,25?,27+,29-,32-,33+,34+,35-,37+,40-,41-/m1/s1. The van der Waals surface area contributed by atoms with Crippen molar-refractivity contribution in [1.29, 1.82) is 0 Å². The zero-order valence-electron chi connectivity index (χ0n) is 36.8. The summed E-state index contributed by atoms with van der Waals surface area (Å²) in [5.74, 6) is -4.75. The molecule has 6 heterocycles. The lowest BCUT2D eigenvalue weighted by molar-refractivity contribution is -0.299. The van der Waals surface area contributed by atoms with Crippen molar-refractivity contribution in [2.24, 2.45) is 23.7 Å². The Kier molecular flexibility index (Phi) is 14.5. The van der Waals surface area contributed by atoms with E-state index < -0.39 is 106 Å². The molecule has 0 saturated carbocycles. The molecule has 2 amide bonds. The predicted octanol–water partition coefficient (Wildman–Crippen LogP) is 3.45. The number of thiophene rings is 1. The Hall–Kier alpha value is -3.70. The number of sulfonamides is 1. The summed E-state index contributed by atoms with van der Waals surface area (Å²) in [7, 11) is -0.567. The monoisotopic (exact) mass is 911 g/mol. The second kappa shape index (κ2) is 18.8. The second-order valence-corrected chi connectivity index (χ2v) is 20.8. The Morgan fingerprint density at radius 1 is 1.03 bits per heavy atom. The van der Waals surface area contributed by atoms with Crippen LogP contribution in [0.1, 0.15) is 74.7 Å². The number of alkyl carbamates (subject to hydrolysis) is 2. The normalized spacial score (nSPS) is 39.1. The number of rotatable bonds is 8. The van der Waals surface area contributed by atoms with Crippen LogP contribution in [0.25, 0.3) is 10.6 Å². The number of carbonyl (C=O) groups excluding carboxylic acids is 4. The zero-order valence-corrected chi connectivity index (χ0v) is 38.4. The number of aliphatic hydroxyl groups excluding tert-OH is 1. The van der Waals surface area contributed by atoms with Gasteiger partial charge >= 0.3 is 18.2 Å². The molecule has 0 aliphatic carbocycles. The molecule has 6 rings (SSSR count). The van der Waals surface area contributed by atoms with Crippen LogP contribution >= 0.6 is 11.3 Å². The van der Waals surface area contributed by atoms with Gasteiger partial charge in [0.25, 0.3) is 0 Å². The first-order valence-corrected chi connectivity index (χ1v) is 23.4. The summed E-state index contributed by atoms with van der Waals surface area (Å²) in [6, 6.07) is 2.23. The maximum atomic E-state index is 14.5. The third-order valence-electron chi connectivity index (χ3n) is 12.8. The van der Waals surface area contributed by atoms with E-state index >= 15 is 0 Å². The predicted molar refractivity (Wildman–Crippen MR) is 222 cm³/mol. The fourth-order valence-electron chi connectivity index (χ4n) is 9.56. The average Bonchev–Trinajstić information content (AvgIpc) is 3.98. The number of aliphatic hydroxyl groups is 1. The van der Waals surface area contributed by atoms with E-state index in [4.69, 9.17) is 32.9 Å². The molecule has 19 nitrogen and oxygen atoms in total. The summed E-state index contributed by atoms with van der Waals surface area (Å²) >= 11 is 0.962. The lowest BCUT2D eigenvalue weighted by atomic mass is 9.73. The average molecular weight is 912 g/mol. The lowest BCUT2D eigenvalue weighted by Gasteiger charge is -2.48. The molecule has 0 radical (unpaired) electrons. The molecule has 2 aromatic heterocycles. The molecular weight excluding hydrogens is 851 g/mol. The van der Waals surface area contributed by atoms with Gasteiger partial charge in [0.15, 0.2) is 11.9 Å². The fraction of sp³-hybridized carbons (Fsp3) is 0.732. The van der Waals surface area contributed by atoms with Crippen LogP contribution < -0.4 is 15.4 Å². The molecule has 0 spiro atoms. The molecule has 62 heavy (non-hydrogen) atoms. The fourth-order valence-corrected chi connectivity index (χ4v) is 12.1. The number of hydrogen-bond donors (Lipinski definition) is 4. The molecule has 2 aromatic rings. The summed E-state index contributed by atoms with van der Waals surface area (Å²) in [4.78, 5) is 58.3. The highest BCUT2D eigenvalue weighted by Crippen LogP contribution is 2.42. The van der Waals surface area contributed by atoms with Gasteiger partial charge in [-0.2, -0.15) is 0 Å². The van der Waals surface area contributed by atoms with E-state index in [0.29, 0.717) is 17.0 Å². The van der Waals surface area contributed by atoms with Gasteiger partial charge in [0.05, 0.1) is 41.7 Å². The Balaban J connectivity index is 1.44. The van der Waals surface area contributed by atoms with Crippen molar-refractivity contribution >= 4 is 45.3 Å². The van der Waals surface area contributed by atoms with Crippen molar-refractivity contribution in [2.45, 2.75) is 145 Å². The van der Waals surface area contributed by atoms with Crippen LogP contribution in [0.4, 0.5) is 9.59 Å². The van der Waals surface area contributed by atoms with E-state index in [1.807, 2.05) is 25.9 Å². The third kappa shape index (κ3) is 9.84. The minimum absolute atomic E-state index is 0.0375. The highest BCUT2D eigenvalue weighted by atomic mass is 32.2. The van der Waals surface area contributed by atoms with Crippen LogP contribution in [-0.4, -0.2) is 141 Å². The van der Waals surface area contributed by atoms with Crippen molar-refractivity contribution in [3.63, 3.8) is 0 Å². The van der Waals surface area contributed by atoms with E-state index in [0.717, 1.165) is 11.3 Å². The van der Waals surface area contributed by atoms with Gasteiger partial charge in [-0.1, -0.05) is 32.9 Å². The SMILES string of the molecule is CC[C@H]1OC(=O)[C@H](C)[C@H]2OCC(NS(=O)(=O)c3ccc(-c4ccon4)s3)CNC(=O)O[C@](C)(C[C@@H](C)C(=O)[C@H](C)[C@@H]3NC(=O)O[C@]13C)[C@H](O[C@@H]1O[C@H](C)C[C@H](N(C)C)[C@H]1O)[C@H]2C. The molecule has 2 bridgehead atoms. The number of fused-ring (bicyclic) bond motifs is 4. The van der Waals surface area contributed by atoms with E-state index in [1.54, 1.807) is 60.6 Å². The Labute approximate surface area is 366 Å². The van der Waals surface area contributed by atoms with Crippen molar-refractivity contribution in [1.82, 2.24) is 25.4 Å². The number of hydrogen-bond acceptors (Lipinski definition) is 17. The Morgan fingerprint density at radius 3 is 2.42 bits per heavy atom. The molecule has 1 unspecified atom stereocenters. The van der Waals surface area contributed by atoms with Gasteiger partial charge in [0.2, 0.25) is 10.0 Å². The van der Waals surface area contributed by atoms with Crippen LogP contribution in [0.5, 0.6) is 0 Å². The highest BCUT2D eigenvalue weighted by molar-refractivity contribution is 7.91. The van der Waals surface area contributed by atoms with Gasteiger partial charge in [-0.25, -0.2) is 22.7 Å². The second-order valence-electron chi connectivity index (χ2n) is 17.8. The Morgan fingerprint density at radius 2 is 1.76 bits per heavy atom. The maximum absolute atomic E-state index is 14.5. The number of nitrogens with one attached hydrogen (secondary N) is 3. The highest BCUT2D eigenvalue weighted by Gasteiger charge is 2.58. The molecule has 0 aromatic carbocycles. The van der Waals surface area contributed by atoms with Crippen LogP contribution in [0.3, 0.4) is 0 Å². The summed E-state index contributed by atoms with van der Waals surface area (Å²) < 4.78 is 73.3. The van der Waals surface area contributed by atoms with Gasteiger partial charge in [0.1, 0.15) is 45.9 Å². The summed E-state index contributed by atoms with van der Waals surface area (Å²) in [6.45, 7) is 12.9. The molecule has 15 atom stereocenters. The third-order valence-corrected chi connectivity index (χ3v) is 15.9.